The van der Waals surface area contributed by atoms with Gasteiger partial charge in [-0.05, 0) is 25.8 Å². The van der Waals surface area contributed by atoms with Gasteiger partial charge < -0.3 is 10.0 Å². The molecule has 0 bridgehead atoms. The Morgan fingerprint density at radius 1 is 1.44 bits per heavy atom. The van der Waals surface area contributed by atoms with Crippen molar-refractivity contribution in [2.45, 2.75) is 25.4 Å². The Hall–Kier alpha value is -0.840. The number of aliphatic hydroxyl groups is 1. The first kappa shape index (κ1) is 13.6. The molecule has 1 aliphatic heterocycles. The zero-order valence-electron chi connectivity index (χ0n) is 9.99. The maximum atomic E-state index is 12.2. The third-order valence-corrected chi connectivity index (χ3v) is 3.86. The molecule has 0 saturated carbocycles. The number of carbonyl (C=O) groups excluding carboxylic acids is 1. The Balaban J connectivity index is 2.10. The number of hydrogen-bond acceptors (Lipinski definition) is 3. The summed E-state index contributed by atoms with van der Waals surface area (Å²) in [5.74, 6) is -0.128. The molecule has 98 valence electrons. The second-order valence-electron chi connectivity index (χ2n) is 4.79. The number of nitrogens with zero attached hydrogens (tertiary/aromatic N) is 2. The number of aromatic nitrogens is 1. The minimum Gasteiger partial charge on any atom is -0.390 e. The summed E-state index contributed by atoms with van der Waals surface area (Å²) >= 11 is 11.5. The first-order valence-electron chi connectivity index (χ1n) is 5.72. The van der Waals surface area contributed by atoms with Crippen molar-refractivity contribution in [2.24, 2.45) is 0 Å². The van der Waals surface area contributed by atoms with Gasteiger partial charge in [0.1, 0.15) is 5.15 Å². The zero-order chi connectivity index (χ0) is 13.3. The van der Waals surface area contributed by atoms with Crippen molar-refractivity contribution in [1.29, 1.82) is 0 Å². The van der Waals surface area contributed by atoms with E-state index in [1.807, 2.05) is 0 Å². The normalized spacial score (nSPS) is 18.8. The summed E-state index contributed by atoms with van der Waals surface area (Å²) in [4.78, 5) is 17.7. The Morgan fingerprint density at radius 2 is 2.06 bits per heavy atom. The largest absolute Gasteiger partial charge is 0.390 e. The SMILES string of the molecule is CC1(O)CCN(C(=O)c2cnc(Cl)c(Cl)c2)CC1. The molecule has 6 heteroatoms. The van der Waals surface area contributed by atoms with Gasteiger partial charge >= 0.3 is 0 Å². The first-order valence-corrected chi connectivity index (χ1v) is 6.47. The van der Waals surface area contributed by atoms with Gasteiger partial charge in [0.2, 0.25) is 0 Å². The van der Waals surface area contributed by atoms with E-state index in [0.717, 1.165) is 0 Å². The molecule has 2 rings (SSSR count). The van der Waals surface area contributed by atoms with Crippen molar-refractivity contribution in [3.63, 3.8) is 0 Å². The maximum Gasteiger partial charge on any atom is 0.255 e. The van der Waals surface area contributed by atoms with Crippen LogP contribution in [0, 0.1) is 0 Å². The number of piperidine rings is 1. The quantitative estimate of drug-likeness (QED) is 0.808. The molecule has 1 N–H and O–H groups in total. The van der Waals surface area contributed by atoms with Crippen LogP contribution < -0.4 is 0 Å². The highest BCUT2D eigenvalue weighted by atomic mass is 35.5. The molecule has 1 amide bonds. The number of carbonyl (C=O) groups is 1. The fourth-order valence-corrected chi connectivity index (χ4v) is 2.18. The molecule has 1 aliphatic rings. The highest BCUT2D eigenvalue weighted by Gasteiger charge is 2.30. The average molecular weight is 289 g/mol. The van der Waals surface area contributed by atoms with E-state index in [0.29, 0.717) is 31.5 Å². The molecule has 1 fully saturated rings. The summed E-state index contributed by atoms with van der Waals surface area (Å²) in [5, 5.41) is 10.3. The van der Waals surface area contributed by atoms with Crippen molar-refractivity contribution in [1.82, 2.24) is 9.88 Å². The zero-order valence-corrected chi connectivity index (χ0v) is 11.5. The number of amides is 1. The molecular weight excluding hydrogens is 275 g/mol. The van der Waals surface area contributed by atoms with Crippen LogP contribution in [0.15, 0.2) is 12.3 Å². The van der Waals surface area contributed by atoms with Crippen LogP contribution in [0.3, 0.4) is 0 Å². The highest BCUT2D eigenvalue weighted by Crippen LogP contribution is 2.24. The van der Waals surface area contributed by atoms with E-state index in [1.54, 1.807) is 11.8 Å². The number of likely N-dealkylation sites (tertiary alicyclic amines) is 1. The number of halogens is 2. The number of pyridine rings is 1. The lowest BCUT2D eigenvalue weighted by atomic mass is 9.93. The average Bonchev–Trinajstić information content (AvgIpc) is 2.32. The fourth-order valence-electron chi connectivity index (χ4n) is 1.91. The molecule has 1 aromatic heterocycles. The molecule has 1 saturated heterocycles. The van der Waals surface area contributed by atoms with Crippen LogP contribution in [-0.2, 0) is 0 Å². The van der Waals surface area contributed by atoms with Crippen LogP contribution in [0.2, 0.25) is 10.2 Å². The lowest BCUT2D eigenvalue weighted by Crippen LogP contribution is -2.45. The van der Waals surface area contributed by atoms with Crippen molar-refractivity contribution >= 4 is 29.1 Å². The van der Waals surface area contributed by atoms with Gasteiger partial charge in [-0.15, -0.1) is 0 Å². The van der Waals surface area contributed by atoms with E-state index in [9.17, 15) is 9.90 Å². The topological polar surface area (TPSA) is 53.4 Å². The molecule has 0 radical (unpaired) electrons. The highest BCUT2D eigenvalue weighted by molar-refractivity contribution is 6.41. The Morgan fingerprint density at radius 3 is 2.61 bits per heavy atom. The van der Waals surface area contributed by atoms with Gasteiger partial charge in [-0.1, -0.05) is 23.2 Å². The monoisotopic (exact) mass is 288 g/mol. The predicted molar refractivity (Wildman–Crippen MR) is 70.0 cm³/mol. The fraction of sp³-hybridized carbons (Fsp3) is 0.500. The third-order valence-electron chi connectivity index (χ3n) is 3.17. The molecule has 0 aromatic carbocycles. The Kier molecular flexibility index (Phi) is 3.80. The van der Waals surface area contributed by atoms with Crippen LogP contribution in [0.25, 0.3) is 0 Å². The van der Waals surface area contributed by atoms with Crippen LogP contribution in [-0.4, -0.2) is 39.6 Å². The lowest BCUT2D eigenvalue weighted by molar-refractivity contribution is -0.00203. The summed E-state index contributed by atoms with van der Waals surface area (Å²) < 4.78 is 0. The van der Waals surface area contributed by atoms with Gasteiger partial charge in [-0.25, -0.2) is 4.98 Å². The Labute approximate surface area is 116 Å². The van der Waals surface area contributed by atoms with Gasteiger partial charge in [-0.2, -0.15) is 0 Å². The maximum absolute atomic E-state index is 12.2. The van der Waals surface area contributed by atoms with Crippen molar-refractivity contribution in [3.8, 4) is 0 Å². The smallest absolute Gasteiger partial charge is 0.255 e. The van der Waals surface area contributed by atoms with E-state index < -0.39 is 5.60 Å². The molecule has 0 atom stereocenters. The molecule has 2 heterocycles. The number of hydrogen-bond donors (Lipinski definition) is 1. The van der Waals surface area contributed by atoms with E-state index in [1.165, 1.54) is 12.3 Å². The molecule has 0 unspecified atom stereocenters. The van der Waals surface area contributed by atoms with E-state index in [2.05, 4.69) is 4.98 Å². The number of rotatable bonds is 1. The van der Waals surface area contributed by atoms with Crippen LogP contribution in [0.1, 0.15) is 30.1 Å². The van der Waals surface area contributed by atoms with E-state index in [4.69, 9.17) is 23.2 Å². The minimum atomic E-state index is -0.674. The molecule has 18 heavy (non-hydrogen) atoms. The second-order valence-corrected chi connectivity index (χ2v) is 5.55. The summed E-state index contributed by atoms with van der Waals surface area (Å²) in [6.45, 7) is 2.85. The van der Waals surface area contributed by atoms with Gasteiger partial charge in [0.25, 0.3) is 5.91 Å². The summed E-state index contributed by atoms with van der Waals surface area (Å²) in [6.07, 6.45) is 2.57. The summed E-state index contributed by atoms with van der Waals surface area (Å²) in [7, 11) is 0. The molecule has 0 aliphatic carbocycles. The Bertz CT molecular complexity index is 467. The van der Waals surface area contributed by atoms with Gasteiger partial charge in [0.05, 0.1) is 16.2 Å². The first-order chi connectivity index (χ1) is 8.39. The van der Waals surface area contributed by atoms with Gasteiger partial charge in [-0.3, -0.25) is 4.79 Å². The molecule has 1 aromatic rings. The van der Waals surface area contributed by atoms with Crippen LogP contribution >= 0.6 is 23.2 Å². The van der Waals surface area contributed by atoms with Crippen molar-refractivity contribution in [2.75, 3.05) is 13.1 Å². The van der Waals surface area contributed by atoms with Crippen molar-refractivity contribution < 1.29 is 9.90 Å². The molecule has 4 nitrogen and oxygen atoms in total. The van der Waals surface area contributed by atoms with Crippen LogP contribution in [0.4, 0.5) is 0 Å². The standard InChI is InChI=1S/C12H14Cl2N2O2/c1-12(18)2-4-16(5-3-12)11(17)8-6-9(13)10(14)15-7-8/h6-7,18H,2-5H2,1H3. The molecular formula is C12H14Cl2N2O2. The summed E-state index contributed by atoms with van der Waals surface area (Å²) in [5.41, 5.74) is -0.252. The van der Waals surface area contributed by atoms with E-state index in [-0.39, 0.29) is 16.1 Å². The van der Waals surface area contributed by atoms with Crippen LogP contribution in [0.5, 0.6) is 0 Å². The van der Waals surface area contributed by atoms with Crippen molar-refractivity contribution in [3.05, 3.63) is 28.0 Å². The van der Waals surface area contributed by atoms with Gasteiger partial charge in [0, 0.05) is 19.3 Å². The second kappa shape index (κ2) is 5.03. The molecule has 0 spiro atoms. The van der Waals surface area contributed by atoms with Gasteiger partial charge in [0.15, 0.2) is 0 Å². The van der Waals surface area contributed by atoms with E-state index >= 15 is 0 Å². The lowest BCUT2D eigenvalue weighted by Gasteiger charge is -2.35. The minimum absolute atomic E-state index is 0.128. The third kappa shape index (κ3) is 2.94. The summed E-state index contributed by atoms with van der Waals surface area (Å²) in [6, 6.07) is 1.52. The predicted octanol–water partition coefficient (Wildman–Crippen LogP) is 2.38.